The molecule has 2 heterocycles. The van der Waals surface area contributed by atoms with Gasteiger partial charge in [-0.15, -0.1) is 0 Å². The van der Waals surface area contributed by atoms with Gasteiger partial charge in [0, 0.05) is 30.2 Å². The first kappa shape index (κ1) is 111. The molecule has 1 aromatic rings. The van der Waals surface area contributed by atoms with Crippen molar-refractivity contribution < 1.29 is 174 Å². The van der Waals surface area contributed by atoms with Crippen molar-refractivity contribution in [2.45, 2.75) is 335 Å². The molecule has 2 aliphatic heterocycles. The Morgan fingerprint density at radius 2 is 0.593 bits per heavy atom. The van der Waals surface area contributed by atoms with Gasteiger partial charge >= 0.3 is 78.6 Å². The quantitative estimate of drug-likeness (QED) is 0.0360. The lowest BCUT2D eigenvalue weighted by atomic mass is 9.67. The summed E-state index contributed by atoms with van der Waals surface area (Å²) in [6.07, 6.45) is -29.8. The molecule has 38 heteroatoms. The van der Waals surface area contributed by atoms with Crippen molar-refractivity contribution in [1.82, 2.24) is 0 Å². The van der Waals surface area contributed by atoms with Gasteiger partial charge in [0.1, 0.15) is 6.10 Å². The van der Waals surface area contributed by atoms with E-state index in [2.05, 4.69) is 14.2 Å². The van der Waals surface area contributed by atoms with Crippen molar-refractivity contribution >= 4 is 47.8 Å². The highest BCUT2D eigenvalue weighted by Gasteiger charge is 2.62. The third-order valence-corrected chi connectivity index (χ3v) is 20.2. The molecule has 662 valence electrons. The van der Waals surface area contributed by atoms with E-state index in [1.807, 2.05) is 13.8 Å². The summed E-state index contributed by atoms with van der Waals surface area (Å²) in [6.45, 7) is 37.4. The molecule has 113 heavy (non-hydrogen) atoms. The first-order valence-electron chi connectivity index (χ1n) is 36.3. The molecule has 0 amide bonds. The number of benzene rings is 1. The number of aliphatic hydroxyl groups is 2. The first-order valence-corrected chi connectivity index (χ1v) is 36.3. The van der Waals surface area contributed by atoms with Gasteiger partial charge in [-0.2, -0.15) is 65.9 Å². The van der Waals surface area contributed by atoms with Gasteiger partial charge in [0.2, 0.25) is 18.0 Å². The van der Waals surface area contributed by atoms with E-state index < -0.39 is 219 Å². The standard InChI is InChI=1S/C18H28F6O4.C10H9F5.2C10H16O4.3C9H15F3O2/c1-6-14(2,3)13(25)28-12-8-10(15(4,26)17(19,20)21)7-11(9-12)16(5,27)18(22,23)24;1-3-4(2)5-6(11)8(13)10(15)9(14)7(5)12;2*1-4-10(2,3)9(12)14-7-5-6-13-8(7)11;3*1-5-8(3,4)7(13)14-6(2)9(10,11)12/h10-12,26-27H,6-9H2,1-5H3;4H,3H2,1-2H3;2*7H,4-6H2,1-3H3;3*6H,5H2,1-4H3. The molecule has 3 aliphatic rings. The van der Waals surface area contributed by atoms with E-state index in [0.717, 1.165) is 20.8 Å². The molecular weight excluding hydrogens is 1570 g/mol. The summed E-state index contributed by atoms with van der Waals surface area (Å²) in [4.78, 5) is 91.2. The number of cyclic esters (lactones) is 2. The fourth-order valence-corrected chi connectivity index (χ4v) is 8.09. The van der Waals surface area contributed by atoms with E-state index in [9.17, 15) is 136 Å². The van der Waals surface area contributed by atoms with E-state index in [1.165, 1.54) is 6.92 Å². The molecule has 2 N–H and O–H groups in total. The van der Waals surface area contributed by atoms with E-state index >= 15 is 0 Å². The molecule has 10 unspecified atom stereocenters. The van der Waals surface area contributed by atoms with Crippen molar-refractivity contribution in [1.29, 1.82) is 0 Å². The van der Waals surface area contributed by atoms with E-state index in [4.69, 9.17) is 23.7 Å². The Labute approximate surface area is 647 Å². The van der Waals surface area contributed by atoms with Crippen molar-refractivity contribution in [3.05, 3.63) is 34.6 Å². The van der Waals surface area contributed by atoms with Crippen molar-refractivity contribution in [3.8, 4) is 0 Å². The minimum absolute atomic E-state index is 0.290. The predicted octanol–water partition coefficient (Wildman–Crippen LogP) is 19.6. The zero-order valence-corrected chi connectivity index (χ0v) is 68.6. The fourth-order valence-electron chi connectivity index (χ4n) is 8.09. The van der Waals surface area contributed by atoms with Crippen molar-refractivity contribution in [2.75, 3.05) is 13.2 Å². The van der Waals surface area contributed by atoms with Crippen LogP contribution in [0.25, 0.3) is 0 Å². The smallest absolute Gasteiger partial charge is 0.425 e. The normalized spacial score (nSPS) is 19.9. The molecule has 10 atom stereocenters. The Morgan fingerprint density at radius 3 is 0.788 bits per heavy atom. The number of ether oxygens (including phenoxy) is 8. The Hall–Kier alpha value is -6.50. The largest absolute Gasteiger partial charge is 0.463 e. The van der Waals surface area contributed by atoms with Crippen LogP contribution in [0.5, 0.6) is 0 Å². The van der Waals surface area contributed by atoms with Gasteiger partial charge < -0.3 is 48.1 Å². The van der Waals surface area contributed by atoms with Crippen LogP contribution >= 0.6 is 0 Å². The number of hydrogen-bond donors (Lipinski definition) is 2. The molecule has 0 radical (unpaired) electrons. The summed E-state index contributed by atoms with van der Waals surface area (Å²) in [7, 11) is 0. The maximum atomic E-state index is 13.3. The van der Waals surface area contributed by atoms with Crippen LogP contribution in [0.15, 0.2) is 0 Å². The second kappa shape index (κ2) is 43.6. The van der Waals surface area contributed by atoms with Crippen molar-refractivity contribution in [2.24, 2.45) is 44.3 Å². The maximum absolute atomic E-state index is 13.3. The van der Waals surface area contributed by atoms with Crippen LogP contribution in [0.4, 0.5) is 87.8 Å². The molecule has 0 spiro atoms. The molecule has 3 fully saturated rings. The number of alkyl halides is 15. The van der Waals surface area contributed by atoms with Crippen LogP contribution < -0.4 is 0 Å². The van der Waals surface area contributed by atoms with Crippen LogP contribution in [-0.4, -0.2) is 150 Å². The summed E-state index contributed by atoms with van der Waals surface area (Å²) < 4.78 is 290. The minimum atomic E-state index is -5.10. The molecular formula is C75H114F20O18. The highest BCUT2D eigenvalue weighted by Crippen LogP contribution is 2.51. The van der Waals surface area contributed by atoms with Crippen LogP contribution in [0.2, 0.25) is 0 Å². The lowest BCUT2D eigenvalue weighted by Crippen LogP contribution is -2.57. The molecule has 1 aromatic carbocycles. The van der Waals surface area contributed by atoms with Gasteiger partial charge in [-0.1, -0.05) is 55.4 Å². The van der Waals surface area contributed by atoms with Gasteiger partial charge in [0.05, 0.1) is 45.7 Å². The Morgan fingerprint density at radius 1 is 0.372 bits per heavy atom. The SMILES string of the molecule is CCC(C)(C)C(=O)OC(C)C(F)(F)F.CCC(C)(C)C(=O)OC(C)C(F)(F)F.CCC(C)(C)C(=O)OC(C)C(F)(F)F.CCC(C)(C)C(=O)OC1CC(C(C)(O)C(F)(F)F)CC(C(C)(O)C(F)(F)F)C1.CCC(C)(C)C(=O)OC1CCOC1=O.CCC(C)(C)C(=O)OC1CCOC1=O.CCC(C)c1c(F)c(F)c(F)c(F)c1F. The molecule has 18 nitrogen and oxygen atoms in total. The maximum Gasteiger partial charge on any atom is 0.425 e. The van der Waals surface area contributed by atoms with Gasteiger partial charge in [-0.05, 0) is 188 Å². The number of esters is 8. The number of halogens is 20. The van der Waals surface area contributed by atoms with E-state index in [-0.39, 0.29) is 11.9 Å². The Bertz CT molecular complexity index is 3000. The van der Waals surface area contributed by atoms with Crippen molar-refractivity contribution in [3.63, 3.8) is 0 Å². The second-order valence-corrected chi connectivity index (χ2v) is 31.6. The summed E-state index contributed by atoms with van der Waals surface area (Å²) in [6, 6.07) is 0. The lowest BCUT2D eigenvalue weighted by Gasteiger charge is -2.46. The zero-order chi connectivity index (χ0) is 90.3. The Kier molecular flexibility index (Phi) is 42.7. The van der Waals surface area contributed by atoms with Gasteiger partial charge in [0.25, 0.3) is 0 Å². The highest BCUT2D eigenvalue weighted by atomic mass is 19.4. The summed E-state index contributed by atoms with van der Waals surface area (Å²) >= 11 is 0. The molecule has 0 aromatic heterocycles. The highest BCUT2D eigenvalue weighted by molar-refractivity contribution is 5.84. The average molecular weight is 1680 g/mol. The molecule has 2 saturated heterocycles. The van der Waals surface area contributed by atoms with E-state index in [1.54, 1.807) is 118 Å². The van der Waals surface area contributed by atoms with Crippen LogP contribution in [-0.2, 0) is 76.3 Å². The molecule has 4 rings (SSSR count). The third kappa shape index (κ3) is 34.3. The zero-order valence-electron chi connectivity index (χ0n) is 68.6. The Balaban J connectivity index is -0.00000128. The van der Waals surface area contributed by atoms with Gasteiger partial charge in [-0.3, -0.25) is 28.8 Å². The van der Waals surface area contributed by atoms with Gasteiger partial charge in [0.15, 0.2) is 52.8 Å². The summed E-state index contributed by atoms with van der Waals surface area (Å²) in [5, 5.41) is 20.0. The van der Waals surface area contributed by atoms with Crippen LogP contribution in [0, 0.1) is 73.4 Å². The fraction of sp³-hybridized carbons (Fsp3) is 0.813. The summed E-state index contributed by atoms with van der Waals surface area (Å²) in [5.74, 6) is -18.1. The lowest BCUT2D eigenvalue weighted by molar-refractivity contribution is -0.299. The van der Waals surface area contributed by atoms with E-state index in [0.29, 0.717) is 84.8 Å². The number of carbonyl (C=O) groups is 8. The molecule has 0 bridgehead atoms. The third-order valence-electron chi connectivity index (χ3n) is 20.2. The monoisotopic (exact) mass is 1680 g/mol. The van der Waals surface area contributed by atoms with Crippen LogP contribution in [0.1, 0.15) is 262 Å². The predicted molar refractivity (Wildman–Crippen MR) is 369 cm³/mol. The second-order valence-electron chi connectivity index (χ2n) is 31.6. The number of carbonyl (C=O) groups excluding carboxylic acids is 8. The molecule has 1 saturated carbocycles. The van der Waals surface area contributed by atoms with Crippen LogP contribution in [0.3, 0.4) is 0 Å². The first-order chi connectivity index (χ1) is 50.5. The number of rotatable bonds is 22. The minimum Gasteiger partial charge on any atom is -0.463 e. The van der Waals surface area contributed by atoms with Gasteiger partial charge in [-0.25, -0.2) is 31.5 Å². The molecule has 1 aliphatic carbocycles. The topological polar surface area (TPSA) is 251 Å². The summed E-state index contributed by atoms with van der Waals surface area (Å²) in [5.41, 5.74) is -11.9. The number of hydrogen-bond acceptors (Lipinski definition) is 18. The average Bonchev–Trinajstić information content (AvgIpc) is 1.46.